The van der Waals surface area contributed by atoms with Gasteiger partial charge in [-0.05, 0) is 52.4 Å². The number of aromatic nitrogens is 3. The van der Waals surface area contributed by atoms with E-state index >= 15 is 0 Å². The van der Waals surface area contributed by atoms with E-state index in [1.807, 2.05) is 51.8 Å². The molecule has 2 aromatic heterocycles. The SMILES string of the molecule is Cc1cc(OCC(C)(C)C)cc(-c2nc3c(c(N(C)CC(=O)NC(C)(C)C)n2)CCC3)n1. The van der Waals surface area contributed by atoms with Gasteiger partial charge >= 0.3 is 0 Å². The normalized spacial score (nSPS) is 13.6. The van der Waals surface area contributed by atoms with E-state index in [-0.39, 0.29) is 23.4 Å². The number of likely N-dealkylation sites (N-methyl/N-ethyl adjacent to an activating group) is 1. The summed E-state index contributed by atoms with van der Waals surface area (Å²) in [5.41, 5.74) is 3.52. The topological polar surface area (TPSA) is 80.2 Å². The molecule has 0 spiro atoms. The number of aryl methyl sites for hydroxylation is 2. The van der Waals surface area contributed by atoms with Crippen LogP contribution in [-0.4, -0.2) is 46.6 Å². The quantitative estimate of drug-likeness (QED) is 0.730. The molecule has 2 heterocycles. The highest BCUT2D eigenvalue weighted by Gasteiger charge is 2.24. The van der Waals surface area contributed by atoms with Crippen molar-refractivity contribution in [2.45, 2.75) is 73.3 Å². The predicted molar refractivity (Wildman–Crippen MR) is 128 cm³/mol. The molecule has 174 valence electrons. The molecule has 1 aliphatic rings. The van der Waals surface area contributed by atoms with Gasteiger partial charge < -0.3 is 15.0 Å². The van der Waals surface area contributed by atoms with Gasteiger partial charge in [-0.25, -0.2) is 15.0 Å². The van der Waals surface area contributed by atoms with Gasteiger partial charge in [0.25, 0.3) is 0 Å². The van der Waals surface area contributed by atoms with E-state index in [2.05, 4.69) is 31.1 Å². The molecule has 0 atom stereocenters. The summed E-state index contributed by atoms with van der Waals surface area (Å²) in [6, 6.07) is 3.85. The van der Waals surface area contributed by atoms with Crippen LogP contribution in [-0.2, 0) is 17.6 Å². The van der Waals surface area contributed by atoms with Gasteiger partial charge in [0.05, 0.1) is 13.2 Å². The Hall–Kier alpha value is -2.70. The van der Waals surface area contributed by atoms with Gasteiger partial charge in [-0.2, -0.15) is 0 Å². The molecule has 1 aliphatic carbocycles. The van der Waals surface area contributed by atoms with E-state index in [1.165, 1.54) is 0 Å². The summed E-state index contributed by atoms with van der Waals surface area (Å²) in [6.07, 6.45) is 2.89. The predicted octanol–water partition coefficient (Wildman–Crippen LogP) is 4.11. The van der Waals surface area contributed by atoms with Gasteiger partial charge in [0, 0.05) is 41.7 Å². The summed E-state index contributed by atoms with van der Waals surface area (Å²) in [5.74, 6) is 2.13. The van der Waals surface area contributed by atoms with Gasteiger partial charge in [-0.3, -0.25) is 4.79 Å². The Balaban J connectivity index is 1.92. The molecule has 7 heteroatoms. The van der Waals surface area contributed by atoms with E-state index in [9.17, 15) is 4.79 Å². The number of ether oxygens (including phenoxy) is 1. The molecule has 7 nitrogen and oxygen atoms in total. The van der Waals surface area contributed by atoms with Crippen LogP contribution in [0.3, 0.4) is 0 Å². The summed E-state index contributed by atoms with van der Waals surface area (Å²) in [6.45, 7) is 15.2. The first-order valence-corrected chi connectivity index (χ1v) is 11.3. The van der Waals surface area contributed by atoms with Gasteiger partial charge in [-0.15, -0.1) is 0 Å². The second kappa shape index (κ2) is 9.04. The molecule has 3 rings (SSSR count). The molecule has 0 fully saturated rings. The van der Waals surface area contributed by atoms with Crippen LogP contribution in [0.15, 0.2) is 12.1 Å². The van der Waals surface area contributed by atoms with Crippen molar-refractivity contribution in [3.63, 3.8) is 0 Å². The van der Waals surface area contributed by atoms with E-state index in [0.29, 0.717) is 18.1 Å². The molecule has 0 saturated carbocycles. The summed E-state index contributed by atoms with van der Waals surface area (Å²) in [5, 5.41) is 3.02. The minimum absolute atomic E-state index is 0.0292. The van der Waals surface area contributed by atoms with Crippen LogP contribution < -0.4 is 15.0 Å². The van der Waals surface area contributed by atoms with Crippen LogP contribution in [0, 0.1) is 12.3 Å². The lowest BCUT2D eigenvalue weighted by Gasteiger charge is -2.25. The van der Waals surface area contributed by atoms with Gasteiger partial charge in [0.1, 0.15) is 17.3 Å². The Morgan fingerprint density at radius 3 is 2.47 bits per heavy atom. The molecule has 0 unspecified atom stereocenters. The van der Waals surface area contributed by atoms with Crippen molar-refractivity contribution in [2.75, 3.05) is 25.1 Å². The van der Waals surface area contributed by atoms with Crippen molar-refractivity contribution in [3.05, 3.63) is 29.1 Å². The number of rotatable bonds is 6. The van der Waals surface area contributed by atoms with E-state index in [0.717, 1.165) is 47.8 Å². The van der Waals surface area contributed by atoms with E-state index < -0.39 is 0 Å². The van der Waals surface area contributed by atoms with E-state index in [4.69, 9.17) is 14.7 Å². The second-order valence-corrected chi connectivity index (χ2v) is 11.0. The summed E-state index contributed by atoms with van der Waals surface area (Å²) >= 11 is 0. The lowest BCUT2D eigenvalue weighted by molar-refractivity contribution is -0.121. The lowest BCUT2D eigenvalue weighted by Crippen LogP contribution is -2.45. The average Bonchev–Trinajstić information content (AvgIpc) is 3.11. The van der Waals surface area contributed by atoms with E-state index in [1.54, 1.807) is 0 Å². The Labute approximate surface area is 192 Å². The van der Waals surface area contributed by atoms with Crippen LogP contribution in [0.4, 0.5) is 5.82 Å². The van der Waals surface area contributed by atoms with Crippen molar-refractivity contribution < 1.29 is 9.53 Å². The van der Waals surface area contributed by atoms with Crippen molar-refractivity contribution in [1.82, 2.24) is 20.3 Å². The number of anilines is 1. The maximum atomic E-state index is 12.5. The zero-order valence-electron chi connectivity index (χ0n) is 20.8. The number of hydrogen-bond acceptors (Lipinski definition) is 6. The zero-order chi connectivity index (χ0) is 23.7. The molecule has 0 radical (unpaired) electrons. The van der Waals surface area contributed by atoms with Crippen molar-refractivity contribution in [3.8, 4) is 17.3 Å². The van der Waals surface area contributed by atoms with Crippen molar-refractivity contribution in [1.29, 1.82) is 0 Å². The number of pyridine rings is 1. The molecular formula is C25H37N5O2. The van der Waals surface area contributed by atoms with Crippen LogP contribution in [0.5, 0.6) is 5.75 Å². The van der Waals surface area contributed by atoms with Crippen LogP contribution in [0.1, 0.15) is 64.9 Å². The Bertz CT molecular complexity index is 989. The number of nitrogens with one attached hydrogen (secondary N) is 1. The molecule has 2 aromatic rings. The number of carbonyl (C=O) groups is 1. The summed E-state index contributed by atoms with van der Waals surface area (Å²) < 4.78 is 6.02. The summed E-state index contributed by atoms with van der Waals surface area (Å²) in [4.78, 5) is 28.8. The van der Waals surface area contributed by atoms with Crippen LogP contribution in [0.25, 0.3) is 11.5 Å². The minimum Gasteiger partial charge on any atom is -0.493 e. The number of amides is 1. The number of hydrogen-bond donors (Lipinski definition) is 1. The largest absolute Gasteiger partial charge is 0.493 e. The molecule has 0 saturated heterocycles. The number of carbonyl (C=O) groups excluding carboxylic acids is 1. The Kier molecular flexibility index (Phi) is 6.77. The fraction of sp³-hybridized carbons (Fsp3) is 0.600. The lowest BCUT2D eigenvalue weighted by atomic mass is 9.99. The first-order chi connectivity index (χ1) is 14.8. The standard InChI is InChI=1S/C25H37N5O2/c1-16-12-17(32-15-24(2,3)4)13-20(26-16)22-27-19-11-9-10-18(19)23(28-22)30(8)14-21(31)29-25(5,6)7/h12-13H,9-11,14-15H2,1-8H3,(H,29,31). The Morgan fingerprint density at radius 2 is 1.81 bits per heavy atom. The third kappa shape index (κ3) is 6.40. The maximum absolute atomic E-state index is 12.5. The highest BCUT2D eigenvalue weighted by Crippen LogP contribution is 2.31. The molecule has 0 aromatic carbocycles. The molecule has 1 amide bonds. The highest BCUT2D eigenvalue weighted by molar-refractivity contribution is 5.82. The van der Waals surface area contributed by atoms with Crippen LogP contribution >= 0.6 is 0 Å². The van der Waals surface area contributed by atoms with Gasteiger partial charge in [0.2, 0.25) is 5.91 Å². The minimum atomic E-state index is -0.272. The second-order valence-electron chi connectivity index (χ2n) is 11.0. The molecule has 0 bridgehead atoms. The summed E-state index contributed by atoms with van der Waals surface area (Å²) in [7, 11) is 1.91. The fourth-order valence-electron chi connectivity index (χ4n) is 3.73. The first kappa shape index (κ1) is 24.0. The van der Waals surface area contributed by atoms with Crippen molar-refractivity contribution in [2.24, 2.45) is 5.41 Å². The maximum Gasteiger partial charge on any atom is 0.239 e. The average molecular weight is 440 g/mol. The van der Waals surface area contributed by atoms with Gasteiger partial charge in [-0.1, -0.05) is 20.8 Å². The molecule has 0 aliphatic heterocycles. The third-order valence-corrected chi connectivity index (χ3v) is 5.00. The smallest absolute Gasteiger partial charge is 0.239 e. The Morgan fingerprint density at radius 1 is 1.09 bits per heavy atom. The molecular weight excluding hydrogens is 402 g/mol. The fourth-order valence-corrected chi connectivity index (χ4v) is 3.73. The molecule has 1 N–H and O–H groups in total. The van der Waals surface area contributed by atoms with Crippen molar-refractivity contribution >= 4 is 11.7 Å². The zero-order valence-corrected chi connectivity index (χ0v) is 20.8. The van der Waals surface area contributed by atoms with Gasteiger partial charge in [0.15, 0.2) is 5.82 Å². The molecule has 32 heavy (non-hydrogen) atoms. The highest BCUT2D eigenvalue weighted by atomic mass is 16.5. The monoisotopic (exact) mass is 439 g/mol. The van der Waals surface area contributed by atoms with Crippen LogP contribution in [0.2, 0.25) is 0 Å². The number of fused-ring (bicyclic) bond motifs is 1. The number of nitrogens with zero attached hydrogens (tertiary/aromatic N) is 4. The first-order valence-electron chi connectivity index (χ1n) is 11.3. The third-order valence-electron chi connectivity index (χ3n) is 5.00.